The number of aromatic nitrogens is 1. The first-order chi connectivity index (χ1) is 12.5. The zero-order chi connectivity index (χ0) is 18.5. The summed E-state index contributed by atoms with van der Waals surface area (Å²) in [5, 5.41) is 5.17. The molecule has 1 aromatic heterocycles. The van der Waals surface area contributed by atoms with E-state index >= 15 is 0 Å². The van der Waals surface area contributed by atoms with E-state index in [1.54, 1.807) is 18.3 Å². The summed E-state index contributed by atoms with van der Waals surface area (Å²) in [7, 11) is 0. The minimum atomic E-state index is -0.949. The number of hydrogen-bond donors (Lipinski definition) is 2. The summed E-state index contributed by atoms with van der Waals surface area (Å²) >= 11 is 0. The third-order valence-corrected chi connectivity index (χ3v) is 3.50. The molecule has 0 aliphatic heterocycles. The monoisotopic (exact) mass is 353 g/mol. The number of halogens is 2. The fraction of sp³-hybridized carbons (Fsp3) is 0. The molecule has 0 atom stereocenters. The highest BCUT2D eigenvalue weighted by Gasteiger charge is 2.13. The van der Waals surface area contributed by atoms with Gasteiger partial charge in [0.1, 0.15) is 11.6 Å². The predicted molar refractivity (Wildman–Crippen MR) is 92.9 cm³/mol. The Labute approximate surface area is 147 Å². The van der Waals surface area contributed by atoms with E-state index in [1.165, 1.54) is 30.5 Å². The second-order valence-corrected chi connectivity index (χ2v) is 5.35. The van der Waals surface area contributed by atoms with E-state index in [2.05, 4.69) is 15.6 Å². The van der Waals surface area contributed by atoms with Crippen molar-refractivity contribution in [3.05, 3.63) is 89.8 Å². The number of carbonyl (C=O) groups excluding carboxylic acids is 2. The minimum absolute atomic E-state index is 0.273. The Bertz CT molecular complexity index is 945. The molecule has 3 aromatic rings. The van der Waals surface area contributed by atoms with Crippen molar-refractivity contribution in [1.82, 2.24) is 4.98 Å². The lowest BCUT2D eigenvalue weighted by Gasteiger charge is -2.08. The van der Waals surface area contributed by atoms with Crippen LogP contribution in [-0.4, -0.2) is 16.8 Å². The van der Waals surface area contributed by atoms with Gasteiger partial charge in [-0.25, -0.2) is 8.78 Å². The van der Waals surface area contributed by atoms with Crippen molar-refractivity contribution in [2.75, 3.05) is 10.6 Å². The Morgan fingerprint density at radius 3 is 2.23 bits per heavy atom. The van der Waals surface area contributed by atoms with Gasteiger partial charge in [-0.3, -0.25) is 14.6 Å². The van der Waals surface area contributed by atoms with Gasteiger partial charge in [-0.05, 0) is 48.5 Å². The van der Waals surface area contributed by atoms with Gasteiger partial charge in [0.15, 0.2) is 0 Å². The molecule has 0 fully saturated rings. The van der Waals surface area contributed by atoms with E-state index in [9.17, 15) is 18.4 Å². The summed E-state index contributed by atoms with van der Waals surface area (Å²) in [5.41, 5.74) is 1.03. The molecule has 0 spiro atoms. The molecule has 26 heavy (non-hydrogen) atoms. The van der Waals surface area contributed by atoms with E-state index in [4.69, 9.17) is 0 Å². The summed E-state index contributed by atoms with van der Waals surface area (Å²) in [6.07, 6.45) is 3.11. The molecule has 0 aliphatic carbocycles. The summed E-state index contributed by atoms with van der Waals surface area (Å²) in [5.74, 6) is -2.76. The van der Waals surface area contributed by atoms with Gasteiger partial charge in [0.2, 0.25) is 0 Å². The first-order valence-electron chi connectivity index (χ1n) is 7.61. The Hall–Kier alpha value is -3.61. The molecular weight excluding hydrogens is 340 g/mol. The number of amides is 2. The molecule has 0 saturated carbocycles. The molecule has 5 nitrogen and oxygen atoms in total. The first-order valence-corrected chi connectivity index (χ1v) is 7.61. The van der Waals surface area contributed by atoms with Crippen LogP contribution in [-0.2, 0) is 0 Å². The quantitative estimate of drug-likeness (QED) is 0.748. The Balaban J connectivity index is 1.67. The van der Waals surface area contributed by atoms with Crippen LogP contribution in [0.1, 0.15) is 20.7 Å². The van der Waals surface area contributed by atoms with Crippen molar-refractivity contribution < 1.29 is 18.4 Å². The summed E-state index contributed by atoms with van der Waals surface area (Å²) < 4.78 is 26.5. The number of benzene rings is 2. The second kappa shape index (κ2) is 7.52. The van der Waals surface area contributed by atoms with E-state index in [-0.39, 0.29) is 11.5 Å². The number of pyridine rings is 1. The standard InChI is InChI=1S/C19H13F2N3O2/c20-13-5-8-16(17(21)10-13)19(26)23-14-6-3-12(4-7-14)18(25)24-15-2-1-9-22-11-15/h1-11H,(H,23,26)(H,24,25). The van der Waals surface area contributed by atoms with Gasteiger partial charge in [-0.15, -0.1) is 0 Å². The summed E-state index contributed by atoms with van der Waals surface area (Å²) in [4.78, 5) is 28.1. The topological polar surface area (TPSA) is 71.1 Å². The molecule has 0 unspecified atom stereocenters. The van der Waals surface area contributed by atoms with Crippen LogP contribution in [0.4, 0.5) is 20.2 Å². The van der Waals surface area contributed by atoms with Gasteiger partial charge in [0.25, 0.3) is 11.8 Å². The third-order valence-electron chi connectivity index (χ3n) is 3.50. The molecule has 0 aliphatic rings. The van der Waals surface area contributed by atoms with Crippen LogP contribution in [0, 0.1) is 11.6 Å². The molecule has 1 heterocycles. The fourth-order valence-corrected chi connectivity index (χ4v) is 2.22. The average molecular weight is 353 g/mol. The van der Waals surface area contributed by atoms with Gasteiger partial charge in [0.05, 0.1) is 17.4 Å². The maximum atomic E-state index is 13.6. The summed E-state index contributed by atoms with van der Waals surface area (Å²) in [6.45, 7) is 0. The normalized spacial score (nSPS) is 10.2. The third kappa shape index (κ3) is 4.07. The predicted octanol–water partition coefficient (Wildman–Crippen LogP) is 3.86. The van der Waals surface area contributed by atoms with Crippen LogP contribution in [0.25, 0.3) is 0 Å². The van der Waals surface area contributed by atoms with E-state index in [0.29, 0.717) is 23.0 Å². The maximum Gasteiger partial charge on any atom is 0.258 e. The van der Waals surface area contributed by atoms with Crippen LogP contribution in [0.3, 0.4) is 0 Å². The smallest absolute Gasteiger partial charge is 0.258 e. The van der Waals surface area contributed by atoms with Crippen molar-refractivity contribution >= 4 is 23.2 Å². The first kappa shape index (κ1) is 17.2. The van der Waals surface area contributed by atoms with Crippen molar-refractivity contribution in [1.29, 1.82) is 0 Å². The molecule has 130 valence electrons. The number of carbonyl (C=O) groups is 2. The Morgan fingerprint density at radius 2 is 1.58 bits per heavy atom. The molecule has 2 amide bonds. The van der Waals surface area contributed by atoms with E-state index in [0.717, 1.165) is 12.1 Å². The number of anilines is 2. The Morgan fingerprint density at radius 1 is 0.846 bits per heavy atom. The number of nitrogens with zero attached hydrogens (tertiary/aromatic N) is 1. The van der Waals surface area contributed by atoms with E-state index in [1.807, 2.05) is 0 Å². The van der Waals surface area contributed by atoms with Crippen LogP contribution < -0.4 is 10.6 Å². The Kier molecular flexibility index (Phi) is 4.98. The number of hydrogen-bond acceptors (Lipinski definition) is 3. The second-order valence-electron chi connectivity index (χ2n) is 5.35. The molecule has 0 bridgehead atoms. The van der Waals surface area contributed by atoms with Gasteiger partial charge < -0.3 is 10.6 Å². The zero-order valence-electron chi connectivity index (χ0n) is 13.4. The fourth-order valence-electron chi connectivity index (χ4n) is 2.22. The SMILES string of the molecule is O=C(Nc1cccnc1)c1ccc(NC(=O)c2ccc(F)cc2F)cc1. The van der Waals surface area contributed by atoms with Crippen LogP contribution in [0.15, 0.2) is 67.0 Å². The maximum absolute atomic E-state index is 13.6. The lowest BCUT2D eigenvalue weighted by atomic mass is 10.1. The molecule has 0 radical (unpaired) electrons. The van der Waals surface area contributed by atoms with Crippen molar-refractivity contribution in [3.63, 3.8) is 0 Å². The highest BCUT2D eigenvalue weighted by atomic mass is 19.1. The van der Waals surface area contributed by atoms with Gasteiger partial charge in [0, 0.05) is 23.5 Å². The lowest BCUT2D eigenvalue weighted by Crippen LogP contribution is -2.15. The van der Waals surface area contributed by atoms with E-state index < -0.39 is 17.5 Å². The van der Waals surface area contributed by atoms with Crippen LogP contribution >= 0.6 is 0 Å². The number of rotatable bonds is 4. The summed E-state index contributed by atoms with van der Waals surface area (Å²) in [6, 6.07) is 12.2. The lowest BCUT2D eigenvalue weighted by molar-refractivity contribution is 0.101. The average Bonchev–Trinajstić information content (AvgIpc) is 2.63. The van der Waals surface area contributed by atoms with Crippen molar-refractivity contribution in [3.8, 4) is 0 Å². The molecule has 2 aromatic carbocycles. The minimum Gasteiger partial charge on any atom is -0.322 e. The van der Waals surface area contributed by atoms with Crippen molar-refractivity contribution in [2.24, 2.45) is 0 Å². The van der Waals surface area contributed by atoms with Gasteiger partial charge in [-0.1, -0.05) is 0 Å². The largest absolute Gasteiger partial charge is 0.322 e. The zero-order valence-corrected chi connectivity index (χ0v) is 13.4. The van der Waals surface area contributed by atoms with Crippen LogP contribution in [0.2, 0.25) is 0 Å². The molecule has 3 rings (SSSR count). The molecular formula is C19H13F2N3O2. The molecule has 7 heteroatoms. The van der Waals surface area contributed by atoms with Crippen LogP contribution in [0.5, 0.6) is 0 Å². The highest BCUT2D eigenvalue weighted by molar-refractivity contribution is 6.06. The van der Waals surface area contributed by atoms with Gasteiger partial charge >= 0.3 is 0 Å². The van der Waals surface area contributed by atoms with Crippen molar-refractivity contribution in [2.45, 2.75) is 0 Å². The van der Waals surface area contributed by atoms with Gasteiger partial charge in [-0.2, -0.15) is 0 Å². The highest BCUT2D eigenvalue weighted by Crippen LogP contribution is 2.15. The molecule has 2 N–H and O–H groups in total. The number of nitrogens with one attached hydrogen (secondary N) is 2. The molecule has 0 saturated heterocycles.